The van der Waals surface area contributed by atoms with Crippen molar-refractivity contribution >= 4 is 11.7 Å². The first-order valence-corrected chi connectivity index (χ1v) is 4.17. The number of hydrogen-bond donors (Lipinski definition) is 1. The molecule has 5 heteroatoms. The number of para-hydroxylation sites is 1. The fourth-order valence-electron chi connectivity index (χ4n) is 1.08. The van der Waals surface area contributed by atoms with Crippen LogP contribution in [-0.2, 0) is 4.74 Å². The molecule has 0 spiro atoms. The van der Waals surface area contributed by atoms with Gasteiger partial charge in [0.15, 0.2) is 6.61 Å². The molecule has 0 saturated carbocycles. The van der Waals surface area contributed by atoms with Gasteiger partial charge < -0.3 is 15.2 Å². The summed E-state index contributed by atoms with van der Waals surface area (Å²) in [5.41, 5.74) is 6.07. The molecule has 78 valence electrons. The second-order valence-corrected chi connectivity index (χ2v) is 2.66. The van der Waals surface area contributed by atoms with E-state index in [-0.39, 0.29) is 17.9 Å². The molecule has 5 nitrogen and oxygen atoms in total. The summed E-state index contributed by atoms with van der Waals surface area (Å²) in [5.74, 6) is -0.227. The molecule has 0 atom stereocenters. The molecule has 0 amide bonds. The van der Waals surface area contributed by atoms with Crippen molar-refractivity contribution in [3.8, 4) is 11.8 Å². The van der Waals surface area contributed by atoms with Gasteiger partial charge in [-0.15, -0.1) is 0 Å². The first-order chi connectivity index (χ1) is 7.20. The zero-order valence-electron chi connectivity index (χ0n) is 8.19. The minimum Gasteiger partial charge on any atom is -0.495 e. The number of nitrogens with zero attached hydrogens (tertiary/aromatic N) is 1. The van der Waals surface area contributed by atoms with Crippen molar-refractivity contribution in [3.63, 3.8) is 0 Å². The van der Waals surface area contributed by atoms with Gasteiger partial charge in [0, 0.05) is 0 Å². The van der Waals surface area contributed by atoms with Gasteiger partial charge in [0.05, 0.1) is 18.4 Å². The molecule has 1 aromatic carbocycles. The molecule has 15 heavy (non-hydrogen) atoms. The maximum Gasteiger partial charge on any atom is 0.341 e. The lowest BCUT2D eigenvalue weighted by molar-refractivity contribution is 0.0556. The first-order valence-electron chi connectivity index (χ1n) is 4.17. The van der Waals surface area contributed by atoms with Gasteiger partial charge in [0.25, 0.3) is 0 Å². The number of carbonyl (C=O) groups is 1. The third-order valence-corrected chi connectivity index (χ3v) is 1.77. The number of methoxy groups -OCH3 is 1. The molecule has 0 saturated heterocycles. The van der Waals surface area contributed by atoms with E-state index < -0.39 is 5.97 Å². The van der Waals surface area contributed by atoms with Crippen molar-refractivity contribution in [2.45, 2.75) is 0 Å². The van der Waals surface area contributed by atoms with Crippen LogP contribution in [0.25, 0.3) is 0 Å². The Kier molecular flexibility index (Phi) is 3.52. The summed E-state index contributed by atoms with van der Waals surface area (Å²) >= 11 is 0. The average molecular weight is 206 g/mol. The molecule has 2 N–H and O–H groups in total. The lowest BCUT2D eigenvalue weighted by Gasteiger charge is -2.08. The summed E-state index contributed by atoms with van der Waals surface area (Å²) in [5, 5.41) is 8.25. The lowest BCUT2D eigenvalue weighted by atomic mass is 10.1. The number of carbonyl (C=O) groups excluding carboxylic acids is 1. The summed E-state index contributed by atoms with van der Waals surface area (Å²) < 4.78 is 9.56. The standard InChI is InChI=1S/C10H10N2O3/c1-14-8-4-2-3-7(9(8)12)10(13)15-6-5-11/h2-4H,6,12H2,1H3. The number of benzene rings is 1. The predicted octanol–water partition coefficient (Wildman–Crippen LogP) is 0.958. The molecule has 0 radical (unpaired) electrons. The van der Waals surface area contributed by atoms with Gasteiger partial charge in [0.1, 0.15) is 11.8 Å². The Morgan fingerprint density at radius 1 is 1.60 bits per heavy atom. The van der Waals surface area contributed by atoms with Crippen LogP contribution in [0.1, 0.15) is 10.4 Å². The van der Waals surface area contributed by atoms with E-state index in [1.807, 2.05) is 0 Å². The maximum absolute atomic E-state index is 11.4. The van der Waals surface area contributed by atoms with Crippen LogP contribution in [0.3, 0.4) is 0 Å². The SMILES string of the molecule is COc1cccc(C(=O)OCC#N)c1N. The zero-order valence-corrected chi connectivity index (χ0v) is 8.19. The molecule has 0 aliphatic rings. The number of nitrogen functional groups attached to an aromatic ring is 1. The second-order valence-electron chi connectivity index (χ2n) is 2.66. The Morgan fingerprint density at radius 3 is 2.93 bits per heavy atom. The van der Waals surface area contributed by atoms with E-state index >= 15 is 0 Å². The third-order valence-electron chi connectivity index (χ3n) is 1.77. The van der Waals surface area contributed by atoms with Gasteiger partial charge >= 0.3 is 5.97 Å². The van der Waals surface area contributed by atoms with Gasteiger partial charge in [-0.25, -0.2) is 4.79 Å². The average Bonchev–Trinajstić information content (AvgIpc) is 2.26. The van der Waals surface area contributed by atoms with Crippen molar-refractivity contribution in [2.75, 3.05) is 19.5 Å². The fraction of sp³-hybridized carbons (Fsp3) is 0.200. The zero-order chi connectivity index (χ0) is 11.3. The van der Waals surface area contributed by atoms with E-state index in [0.717, 1.165) is 0 Å². The number of nitrogens with two attached hydrogens (primary N) is 1. The molecule has 0 aromatic heterocycles. The Bertz CT molecular complexity index is 410. The molecule has 0 bridgehead atoms. The molecule has 0 aliphatic heterocycles. The van der Waals surface area contributed by atoms with E-state index in [1.165, 1.54) is 13.2 Å². The van der Waals surface area contributed by atoms with Gasteiger partial charge in [-0.2, -0.15) is 5.26 Å². The fourth-order valence-corrected chi connectivity index (χ4v) is 1.08. The summed E-state index contributed by atoms with van der Waals surface area (Å²) in [4.78, 5) is 11.4. The topological polar surface area (TPSA) is 85.3 Å². The van der Waals surface area contributed by atoms with Crippen molar-refractivity contribution in [3.05, 3.63) is 23.8 Å². The maximum atomic E-state index is 11.4. The number of esters is 1. The third kappa shape index (κ3) is 2.38. The van der Waals surface area contributed by atoms with Crippen LogP contribution in [0.15, 0.2) is 18.2 Å². The summed E-state index contributed by atoms with van der Waals surface area (Å²) in [6.45, 7) is -0.296. The normalized spacial score (nSPS) is 9.07. The number of rotatable bonds is 3. The predicted molar refractivity (Wildman–Crippen MR) is 53.3 cm³/mol. The molecule has 0 aliphatic carbocycles. The van der Waals surface area contributed by atoms with Crippen molar-refractivity contribution in [1.29, 1.82) is 5.26 Å². The van der Waals surface area contributed by atoms with E-state index in [2.05, 4.69) is 4.74 Å². The van der Waals surface area contributed by atoms with E-state index in [0.29, 0.717) is 5.75 Å². The summed E-state index contributed by atoms with van der Waals surface area (Å²) in [6, 6.07) is 6.47. The van der Waals surface area contributed by atoms with Crippen LogP contribution in [0.4, 0.5) is 5.69 Å². The van der Waals surface area contributed by atoms with Crippen LogP contribution < -0.4 is 10.5 Å². The molecular weight excluding hydrogens is 196 g/mol. The Labute approximate surface area is 87.0 Å². The second kappa shape index (κ2) is 4.86. The molecule has 0 heterocycles. The molecule has 1 aromatic rings. The summed E-state index contributed by atoms with van der Waals surface area (Å²) in [6.07, 6.45) is 0. The lowest BCUT2D eigenvalue weighted by Crippen LogP contribution is -2.09. The largest absolute Gasteiger partial charge is 0.495 e. The van der Waals surface area contributed by atoms with Crippen LogP contribution in [-0.4, -0.2) is 19.7 Å². The van der Waals surface area contributed by atoms with Crippen LogP contribution in [0, 0.1) is 11.3 Å². The first kappa shape index (κ1) is 10.9. The highest BCUT2D eigenvalue weighted by molar-refractivity contribution is 5.96. The quantitative estimate of drug-likeness (QED) is 0.588. The van der Waals surface area contributed by atoms with Crippen LogP contribution in [0.2, 0.25) is 0 Å². The Hall–Kier alpha value is -2.22. The number of nitriles is 1. The van der Waals surface area contributed by atoms with Crippen molar-refractivity contribution in [1.82, 2.24) is 0 Å². The monoisotopic (exact) mass is 206 g/mol. The Morgan fingerprint density at radius 2 is 2.33 bits per heavy atom. The van der Waals surface area contributed by atoms with Gasteiger partial charge in [-0.05, 0) is 12.1 Å². The number of anilines is 1. The highest BCUT2D eigenvalue weighted by Gasteiger charge is 2.13. The van der Waals surface area contributed by atoms with Crippen LogP contribution >= 0.6 is 0 Å². The minimum absolute atomic E-state index is 0.199. The van der Waals surface area contributed by atoms with Crippen molar-refractivity contribution in [2.24, 2.45) is 0 Å². The Balaban J connectivity index is 2.95. The van der Waals surface area contributed by atoms with E-state index in [4.69, 9.17) is 15.7 Å². The smallest absolute Gasteiger partial charge is 0.341 e. The molecule has 0 fully saturated rings. The van der Waals surface area contributed by atoms with E-state index in [1.54, 1.807) is 18.2 Å². The number of ether oxygens (including phenoxy) is 2. The highest BCUT2D eigenvalue weighted by Crippen LogP contribution is 2.25. The van der Waals surface area contributed by atoms with Crippen LogP contribution in [0.5, 0.6) is 5.75 Å². The summed E-state index contributed by atoms with van der Waals surface area (Å²) in [7, 11) is 1.45. The van der Waals surface area contributed by atoms with E-state index in [9.17, 15) is 4.79 Å². The van der Waals surface area contributed by atoms with Gasteiger partial charge in [-0.1, -0.05) is 6.07 Å². The molecule has 0 unspecified atom stereocenters. The number of hydrogen-bond acceptors (Lipinski definition) is 5. The minimum atomic E-state index is -0.632. The van der Waals surface area contributed by atoms with Crippen molar-refractivity contribution < 1.29 is 14.3 Å². The molecular formula is C10H10N2O3. The van der Waals surface area contributed by atoms with Gasteiger partial charge in [-0.3, -0.25) is 0 Å². The molecule has 1 rings (SSSR count). The highest BCUT2D eigenvalue weighted by atomic mass is 16.5. The van der Waals surface area contributed by atoms with Gasteiger partial charge in [0.2, 0.25) is 0 Å².